The van der Waals surface area contributed by atoms with E-state index in [9.17, 15) is 14.4 Å². The highest BCUT2D eigenvalue weighted by molar-refractivity contribution is 8.18. The van der Waals surface area contributed by atoms with Crippen molar-refractivity contribution in [3.63, 3.8) is 0 Å². The fourth-order valence-corrected chi connectivity index (χ4v) is 3.79. The van der Waals surface area contributed by atoms with Gasteiger partial charge in [-0.1, -0.05) is 0 Å². The summed E-state index contributed by atoms with van der Waals surface area (Å²) in [5, 5.41) is 4.84. The molecule has 3 rings (SSSR count). The van der Waals surface area contributed by atoms with Gasteiger partial charge < -0.3 is 0 Å². The standard InChI is InChI=1S/C12H11N3O3S2/c16-9(5-8-10(17)15-12(18)20-8)14-11-13-6-3-1-2-4-7(6)19-11/h5H,1-4H2,(H,13,14,16)(H,15,17,18)/b8-5-. The van der Waals surface area contributed by atoms with Crippen LogP contribution in [0.4, 0.5) is 9.93 Å². The van der Waals surface area contributed by atoms with Gasteiger partial charge in [0.25, 0.3) is 17.1 Å². The molecule has 8 heteroatoms. The number of carbonyl (C=O) groups excluding carboxylic acids is 3. The van der Waals surface area contributed by atoms with E-state index >= 15 is 0 Å². The summed E-state index contributed by atoms with van der Waals surface area (Å²) in [7, 11) is 0. The molecule has 1 aromatic heterocycles. The van der Waals surface area contributed by atoms with Crippen LogP contribution < -0.4 is 10.6 Å². The molecule has 0 spiro atoms. The molecule has 0 unspecified atom stereocenters. The van der Waals surface area contributed by atoms with E-state index in [2.05, 4.69) is 15.6 Å². The molecular weight excluding hydrogens is 298 g/mol. The van der Waals surface area contributed by atoms with Crippen molar-refractivity contribution < 1.29 is 14.4 Å². The van der Waals surface area contributed by atoms with E-state index in [1.807, 2.05) is 0 Å². The number of aryl methyl sites for hydroxylation is 2. The summed E-state index contributed by atoms with van der Waals surface area (Å²) >= 11 is 2.20. The smallest absolute Gasteiger partial charge is 0.290 e. The zero-order valence-corrected chi connectivity index (χ0v) is 12.0. The van der Waals surface area contributed by atoms with Crippen LogP contribution in [0.1, 0.15) is 23.4 Å². The minimum absolute atomic E-state index is 0.105. The van der Waals surface area contributed by atoms with Crippen LogP contribution in [0, 0.1) is 0 Å². The van der Waals surface area contributed by atoms with Crippen molar-refractivity contribution in [2.75, 3.05) is 5.32 Å². The van der Waals surface area contributed by atoms with Gasteiger partial charge in [-0.05, 0) is 37.4 Å². The molecule has 0 saturated carbocycles. The van der Waals surface area contributed by atoms with Crippen LogP contribution in [0.15, 0.2) is 11.0 Å². The number of hydrogen-bond donors (Lipinski definition) is 2. The molecule has 0 atom stereocenters. The molecule has 0 aromatic carbocycles. The van der Waals surface area contributed by atoms with Crippen LogP contribution in [0.3, 0.4) is 0 Å². The first-order chi connectivity index (χ1) is 9.61. The molecule has 2 heterocycles. The summed E-state index contributed by atoms with van der Waals surface area (Å²) in [5.74, 6) is -0.975. The van der Waals surface area contributed by atoms with Crippen molar-refractivity contribution in [2.45, 2.75) is 25.7 Å². The average molecular weight is 309 g/mol. The minimum atomic E-state index is -0.534. The van der Waals surface area contributed by atoms with E-state index in [4.69, 9.17) is 0 Å². The first kappa shape index (κ1) is 13.3. The third-order valence-corrected chi connectivity index (χ3v) is 4.86. The summed E-state index contributed by atoms with van der Waals surface area (Å²) in [4.78, 5) is 39.8. The molecule has 0 bridgehead atoms. The number of thioether (sulfide) groups is 1. The summed E-state index contributed by atoms with van der Waals surface area (Å²) in [6, 6.07) is 0. The van der Waals surface area contributed by atoms with E-state index in [1.54, 1.807) is 0 Å². The Balaban J connectivity index is 1.70. The Bertz CT molecular complexity index is 612. The molecule has 1 saturated heterocycles. The molecule has 1 aromatic rings. The number of nitrogens with one attached hydrogen (secondary N) is 2. The van der Waals surface area contributed by atoms with Gasteiger partial charge in [-0.3, -0.25) is 25.0 Å². The average Bonchev–Trinajstić information content (AvgIpc) is 2.92. The van der Waals surface area contributed by atoms with Gasteiger partial charge in [0.15, 0.2) is 5.13 Å². The lowest BCUT2D eigenvalue weighted by molar-refractivity contribution is -0.116. The Morgan fingerprint density at radius 1 is 1.30 bits per heavy atom. The van der Waals surface area contributed by atoms with Crippen molar-refractivity contribution in [2.24, 2.45) is 0 Å². The van der Waals surface area contributed by atoms with Crippen molar-refractivity contribution in [3.8, 4) is 0 Å². The number of rotatable bonds is 2. The van der Waals surface area contributed by atoms with Gasteiger partial charge in [-0.25, -0.2) is 4.98 Å². The third kappa shape index (κ3) is 2.75. The Kier molecular flexibility index (Phi) is 3.58. The maximum absolute atomic E-state index is 11.8. The van der Waals surface area contributed by atoms with Gasteiger partial charge in [0.05, 0.1) is 10.6 Å². The lowest BCUT2D eigenvalue weighted by atomic mass is 10.0. The van der Waals surface area contributed by atoms with E-state index < -0.39 is 17.1 Å². The number of thiazole rings is 1. The Morgan fingerprint density at radius 3 is 2.80 bits per heavy atom. The molecule has 3 amide bonds. The molecule has 6 nitrogen and oxygen atoms in total. The Morgan fingerprint density at radius 2 is 2.10 bits per heavy atom. The van der Waals surface area contributed by atoms with Gasteiger partial charge in [0.1, 0.15) is 0 Å². The lowest BCUT2D eigenvalue weighted by Crippen LogP contribution is -2.18. The van der Waals surface area contributed by atoms with Gasteiger partial charge in [-0.15, -0.1) is 11.3 Å². The zero-order chi connectivity index (χ0) is 14.1. The summed E-state index contributed by atoms with van der Waals surface area (Å²) in [6.07, 6.45) is 5.39. The summed E-state index contributed by atoms with van der Waals surface area (Å²) in [5.41, 5.74) is 1.06. The largest absolute Gasteiger partial charge is 0.298 e. The normalized spacial score (nSPS) is 19.9. The fourth-order valence-electron chi connectivity index (χ4n) is 2.09. The second kappa shape index (κ2) is 5.37. The fraction of sp³-hybridized carbons (Fsp3) is 0.333. The van der Waals surface area contributed by atoms with Crippen LogP contribution in [-0.4, -0.2) is 22.0 Å². The number of anilines is 1. The molecule has 2 N–H and O–H groups in total. The number of carbonyl (C=O) groups is 3. The molecule has 2 aliphatic rings. The van der Waals surface area contributed by atoms with Crippen molar-refractivity contribution in [1.29, 1.82) is 0 Å². The highest BCUT2D eigenvalue weighted by Gasteiger charge is 2.26. The van der Waals surface area contributed by atoms with Gasteiger partial charge in [-0.2, -0.15) is 0 Å². The molecular formula is C12H11N3O3S2. The SMILES string of the molecule is O=C(/C=C1\SC(=O)NC1=O)Nc1nc2c(s1)CCCC2. The highest BCUT2D eigenvalue weighted by atomic mass is 32.2. The Hall–Kier alpha value is -1.67. The monoisotopic (exact) mass is 309 g/mol. The molecule has 1 aliphatic carbocycles. The maximum atomic E-state index is 11.8. The number of aromatic nitrogens is 1. The van der Waals surface area contributed by atoms with Crippen molar-refractivity contribution in [3.05, 3.63) is 21.6 Å². The van der Waals surface area contributed by atoms with Crippen molar-refractivity contribution in [1.82, 2.24) is 10.3 Å². The molecule has 20 heavy (non-hydrogen) atoms. The molecule has 1 fully saturated rings. The van der Waals surface area contributed by atoms with Crippen molar-refractivity contribution >= 4 is 45.3 Å². The first-order valence-corrected chi connectivity index (χ1v) is 7.79. The van der Waals surface area contributed by atoms with Gasteiger partial charge >= 0.3 is 0 Å². The van der Waals surface area contributed by atoms with E-state index in [0.717, 1.165) is 49.2 Å². The second-order valence-corrected chi connectivity index (χ2v) is 6.54. The number of imide groups is 1. The number of fused-ring (bicyclic) bond motifs is 1. The van der Waals surface area contributed by atoms with Crippen LogP contribution in [0.5, 0.6) is 0 Å². The zero-order valence-electron chi connectivity index (χ0n) is 10.4. The molecule has 1 aliphatic heterocycles. The van der Waals surface area contributed by atoms with E-state index in [-0.39, 0.29) is 4.91 Å². The van der Waals surface area contributed by atoms with Gasteiger partial charge in [0, 0.05) is 11.0 Å². The molecule has 104 valence electrons. The first-order valence-electron chi connectivity index (χ1n) is 6.16. The van der Waals surface area contributed by atoms with Crippen LogP contribution in [0.25, 0.3) is 0 Å². The number of hydrogen-bond acceptors (Lipinski definition) is 6. The second-order valence-electron chi connectivity index (χ2n) is 4.44. The quantitative estimate of drug-likeness (QED) is 0.814. The summed E-state index contributed by atoms with van der Waals surface area (Å²) in [6.45, 7) is 0. The van der Waals surface area contributed by atoms with E-state index in [1.165, 1.54) is 16.2 Å². The van der Waals surface area contributed by atoms with Crippen LogP contribution >= 0.6 is 23.1 Å². The number of amides is 3. The third-order valence-electron chi connectivity index (χ3n) is 2.98. The van der Waals surface area contributed by atoms with Gasteiger partial charge in [0.2, 0.25) is 0 Å². The predicted molar refractivity (Wildman–Crippen MR) is 76.6 cm³/mol. The maximum Gasteiger partial charge on any atom is 0.290 e. The van der Waals surface area contributed by atoms with Crippen LogP contribution in [-0.2, 0) is 22.4 Å². The predicted octanol–water partition coefficient (Wildman–Crippen LogP) is 1.83. The minimum Gasteiger partial charge on any atom is -0.298 e. The Labute approximate surface area is 123 Å². The van der Waals surface area contributed by atoms with Crippen LogP contribution in [0.2, 0.25) is 0 Å². The summed E-state index contributed by atoms with van der Waals surface area (Å²) < 4.78 is 0. The molecule has 0 radical (unpaired) electrons. The number of nitrogens with zero attached hydrogens (tertiary/aromatic N) is 1. The lowest BCUT2D eigenvalue weighted by Gasteiger charge is -2.06. The highest BCUT2D eigenvalue weighted by Crippen LogP contribution is 2.29. The van der Waals surface area contributed by atoms with E-state index in [0.29, 0.717) is 5.13 Å². The topological polar surface area (TPSA) is 88.2 Å².